The number of carbonyl (C=O) groups is 1. The number of hydrogen-bond acceptors (Lipinski definition) is 10. The average Bonchev–Trinajstić information content (AvgIpc) is 2.56. The van der Waals surface area contributed by atoms with Crippen LogP contribution < -0.4 is 5.32 Å². The van der Waals surface area contributed by atoms with E-state index in [0.717, 1.165) is 6.92 Å². The minimum absolute atomic E-state index is 0.569. The van der Waals surface area contributed by atoms with E-state index < -0.39 is 74.2 Å². The number of amides is 1. The first kappa shape index (κ1) is 22.2. The van der Waals surface area contributed by atoms with Crippen molar-refractivity contribution in [3.05, 3.63) is 0 Å². The fourth-order valence-electron chi connectivity index (χ4n) is 2.50. The monoisotopic (exact) mass is 369 g/mol. The second-order valence-corrected chi connectivity index (χ2v) is 6.01. The summed E-state index contributed by atoms with van der Waals surface area (Å²) in [6.07, 6.45) is -11.8. The van der Waals surface area contributed by atoms with E-state index >= 15 is 0 Å². The molecule has 9 atom stereocenters. The Morgan fingerprint density at radius 2 is 1.76 bits per heavy atom. The first-order chi connectivity index (χ1) is 11.6. The summed E-state index contributed by atoms with van der Waals surface area (Å²) in [4.78, 5) is 11.3. The lowest BCUT2D eigenvalue weighted by Crippen LogP contribution is -2.65. The number of aliphatic hydroxyl groups excluding tert-OH is 7. The van der Waals surface area contributed by atoms with Crippen molar-refractivity contribution in [3.8, 4) is 0 Å². The Labute approximate surface area is 144 Å². The van der Waals surface area contributed by atoms with Gasteiger partial charge in [-0.15, -0.1) is 0 Å². The Balaban J connectivity index is 2.96. The highest BCUT2D eigenvalue weighted by Crippen LogP contribution is 2.24. The van der Waals surface area contributed by atoms with Crippen molar-refractivity contribution in [2.45, 2.75) is 68.9 Å². The van der Waals surface area contributed by atoms with Crippen LogP contribution in [0, 0.1) is 0 Å². The number of ether oxygens (including phenoxy) is 2. The summed E-state index contributed by atoms with van der Waals surface area (Å²) in [5.74, 6) is -0.569. The molecular weight excluding hydrogens is 342 g/mol. The molecule has 0 radical (unpaired) electrons. The van der Waals surface area contributed by atoms with Gasteiger partial charge < -0.3 is 50.5 Å². The molecule has 0 aromatic carbocycles. The highest BCUT2D eigenvalue weighted by molar-refractivity contribution is 5.73. The van der Waals surface area contributed by atoms with Crippen molar-refractivity contribution in [1.29, 1.82) is 0 Å². The molecule has 1 heterocycles. The smallest absolute Gasteiger partial charge is 0.217 e. The minimum Gasteiger partial charge on any atom is -0.394 e. The van der Waals surface area contributed by atoms with Crippen LogP contribution in [0.3, 0.4) is 0 Å². The predicted octanol–water partition coefficient (Wildman–Crippen LogP) is -4.59. The van der Waals surface area contributed by atoms with E-state index in [1.165, 1.54) is 6.92 Å². The van der Waals surface area contributed by atoms with Crippen molar-refractivity contribution in [3.63, 3.8) is 0 Å². The molecule has 0 aromatic heterocycles. The molecule has 1 aliphatic rings. The Morgan fingerprint density at radius 1 is 1.16 bits per heavy atom. The van der Waals surface area contributed by atoms with Gasteiger partial charge in [0.25, 0.3) is 0 Å². The summed E-state index contributed by atoms with van der Waals surface area (Å²) in [5, 5.41) is 70.0. The highest BCUT2D eigenvalue weighted by atomic mass is 16.7. The molecule has 0 saturated carbocycles. The third kappa shape index (κ3) is 5.54. The Kier molecular flexibility index (Phi) is 8.60. The fraction of sp³-hybridized carbons (Fsp3) is 0.929. The van der Waals surface area contributed by atoms with Gasteiger partial charge in [-0.25, -0.2) is 0 Å². The van der Waals surface area contributed by atoms with Gasteiger partial charge in [-0.2, -0.15) is 0 Å². The standard InChI is InChI=1S/C14H27NO10/c1-5(18)10(20)11(21)7(3-16)24-14-9(15-6(2)19)13(23)12(22)8(4-17)25-14/h5,7-14,16-18,20-23H,3-4H2,1-2H3,(H,15,19)/t5-,7+,8+,9+,10+,11-,12-,13+,14-/m0/s1. The largest absolute Gasteiger partial charge is 0.394 e. The zero-order chi connectivity index (χ0) is 19.3. The molecule has 148 valence electrons. The maximum Gasteiger partial charge on any atom is 0.217 e. The quantitative estimate of drug-likeness (QED) is 0.207. The van der Waals surface area contributed by atoms with Crippen LogP contribution in [0.5, 0.6) is 0 Å². The van der Waals surface area contributed by atoms with Crippen LogP contribution >= 0.6 is 0 Å². The molecule has 0 bridgehead atoms. The van der Waals surface area contributed by atoms with Gasteiger partial charge in [-0.1, -0.05) is 0 Å². The van der Waals surface area contributed by atoms with Crippen molar-refractivity contribution in [2.24, 2.45) is 0 Å². The summed E-state index contributed by atoms with van der Waals surface area (Å²) >= 11 is 0. The van der Waals surface area contributed by atoms with Gasteiger partial charge in [0, 0.05) is 6.92 Å². The molecule has 0 spiro atoms. The molecule has 1 amide bonds. The number of rotatable bonds is 8. The molecule has 1 saturated heterocycles. The zero-order valence-corrected chi connectivity index (χ0v) is 14.0. The number of nitrogens with one attached hydrogen (secondary N) is 1. The second-order valence-electron chi connectivity index (χ2n) is 6.01. The van der Waals surface area contributed by atoms with Crippen LogP contribution in [0.2, 0.25) is 0 Å². The Bertz CT molecular complexity index is 422. The maximum absolute atomic E-state index is 11.3. The van der Waals surface area contributed by atoms with Crippen LogP contribution in [-0.2, 0) is 14.3 Å². The summed E-state index contributed by atoms with van der Waals surface area (Å²) in [5.41, 5.74) is 0. The Morgan fingerprint density at radius 3 is 2.20 bits per heavy atom. The van der Waals surface area contributed by atoms with E-state index in [1.54, 1.807) is 0 Å². The van der Waals surface area contributed by atoms with Gasteiger partial charge >= 0.3 is 0 Å². The maximum atomic E-state index is 11.3. The van der Waals surface area contributed by atoms with Crippen LogP contribution in [0.4, 0.5) is 0 Å². The lowest BCUT2D eigenvalue weighted by atomic mass is 9.96. The molecule has 1 rings (SSSR count). The molecule has 0 unspecified atom stereocenters. The molecule has 0 aromatic rings. The SMILES string of the molecule is CC(=O)N[C@H]1[C@@H](O[C@H](CO)[C@H](O)[C@H](O)[C@H](C)O)O[C@H](CO)[C@H](O)[C@@H]1O. The van der Waals surface area contributed by atoms with Crippen molar-refractivity contribution < 1.29 is 50.0 Å². The topological polar surface area (TPSA) is 189 Å². The van der Waals surface area contributed by atoms with Gasteiger partial charge in [0.15, 0.2) is 6.29 Å². The van der Waals surface area contributed by atoms with E-state index in [4.69, 9.17) is 9.47 Å². The van der Waals surface area contributed by atoms with Gasteiger partial charge in [0.2, 0.25) is 5.91 Å². The number of hydrogen-bond donors (Lipinski definition) is 8. The van der Waals surface area contributed by atoms with Crippen LogP contribution in [-0.4, -0.2) is 110 Å². The molecule has 8 N–H and O–H groups in total. The van der Waals surface area contributed by atoms with E-state index in [1.807, 2.05) is 0 Å². The van der Waals surface area contributed by atoms with E-state index in [9.17, 15) is 40.5 Å². The van der Waals surface area contributed by atoms with E-state index in [-0.39, 0.29) is 0 Å². The normalized spacial score (nSPS) is 34.8. The summed E-state index contributed by atoms with van der Waals surface area (Å²) in [6.45, 7) is 0.943. The van der Waals surface area contributed by atoms with Crippen LogP contribution in [0.15, 0.2) is 0 Å². The zero-order valence-electron chi connectivity index (χ0n) is 14.0. The average molecular weight is 369 g/mol. The lowest BCUT2D eigenvalue weighted by molar-refractivity contribution is -0.296. The van der Waals surface area contributed by atoms with Crippen molar-refractivity contribution in [2.75, 3.05) is 13.2 Å². The van der Waals surface area contributed by atoms with Gasteiger partial charge in [0.1, 0.15) is 42.7 Å². The third-order valence-corrected chi connectivity index (χ3v) is 3.96. The molecule has 1 aliphatic heterocycles. The number of carbonyl (C=O) groups excluding carboxylic acids is 1. The van der Waals surface area contributed by atoms with Crippen molar-refractivity contribution >= 4 is 5.91 Å². The van der Waals surface area contributed by atoms with Gasteiger partial charge in [-0.3, -0.25) is 4.79 Å². The summed E-state index contributed by atoms with van der Waals surface area (Å²) < 4.78 is 10.6. The fourth-order valence-corrected chi connectivity index (χ4v) is 2.50. The third-order valence-electron chi connectivity index (χ3n) is 3.96. The van der Waals surface area contributed by atoms with E-state index in [2.05, 4.69) is 5.32 Å². The predicted molar refractivity (Wildman–Crippen MR) is 81.0 cm³/mol. The number of aliphatic hydroxyl groups is 7. The molecular formula is C14H27NO10. The molecule has 1 fully saturated rings. The summed E-state index contributed by atoms with van der Waals surface area (Å²) in [6, 6.07) is -1.26. The summed E-state index contributed by atoms with van der Waals surface area (Å²) in [7, 11) is 0. The van der Waals surface area contributed by atoms with Crippen LogP contribution in [0.25, 0.3) is 0 Å². The van der Waals surface area contributed by atoms with Crippen LogP contribution in [0.1, 0.15) is 13.8 Å². The first-order valence-corrected chi connectivity index (χ1v) is 7.84. The van der Waals surface area contributed by atoms with Crippen molar-refractivity contribution in [1.82, 2.24) is 5.32 Å². The minimum atomic E-state index is -1.71. The lowest BCUT2D eigenvalue weighted by Gasteiger charge is -2.43. The molecule has 0 aliphatic carbocycles. The van der Waals surface area contributed by atoms with Gasteiger partial charge in [0.05, 0.1) is 19.3 Å². The van der Waals surface area contributed by atoms with E-state index in [0.29, 0.717) is 0 Å². The second kappa shape index (κ2) is 9.71. The Hall–Kier alpha value is -0.890. The molecule has 11 heteroatoms. The highest BCUT2D eigenvalue weighted by Gasteiger charge is 2.47. The molecule has 11 nitrogen and oxygen atoms in total. The first-order valence-electron chi connectivity index (χ1n) is 7.84. The van der Waals surface area contributed by atoms with Gasteiger partial charge in [-0.05, 0) is 6.92 Å². The molecule has 25 heavy (non-hydrogen) atoms.